The third kappa shape index (κ3) is 1.43. The summed E-state index contributed by atoms with van der Waals surface area (Å²) in [4.78, 5) is 9.83. The summed E-state index contributed by atoms with van der Waals surface area (Å²) in [6, 6.07) is 4.22. The molecule has 0 heterocycles. The lowest BCUT2D eigenvalue weighted by Gasteiger charge is -2.05. The van der Waals surface area contributed by atoms with E-state index in [9.17, 15) is 10.1 Å². The first kappa shape index (κ1) is 9.80. The third-order valence-corrected chi connectivity index (χ3v) is 1.71. The van der Waals surface area contributed by atoms with Crippen molar-refractivity contribution in [2.75, 3.05) is 12.8 Å². The normalized spacial score (nSPS) is 9.14. The minimum atomic E-state index is -0.658. The molecule has 1 aromatic carbocycles. The van der Waals surface area contributed by atoms with Gasteiger partial charge in [0.05, 0.1) is 17.7 Å². The van der Waals surface area contributed by atoms with Gasteiger partial charge < -0.3 is 10.5 Å². The van der Waals surface area contributed by atoms with Crippen LogP contribution in [0.3, 0.4) is 0 Å². The number of nitro groups is 1. The number of rotatable bonds is 2. The summed E-state index contributed by atoms with van der Waals surface area (Å²) in [5.41, 5.74) is 5.00. The van der Waals surface area contributed by atoms with Crippen molar-refractivity contribution in [3.63, 3.8) is 0 Å². The van der Waals surface area contributed by atoms with E-state index in [1.807, 2.05) is 0 Å². The highest BCUT2D eigenvalue weighted by Crippen LogP contribution is 2.31. The highest BCUT2D eigenvalue weighted by Gasteiger charge is 2.19. The van der Waals surface area contributed by atoms with Crippen molar-refractivity contribution < 1.29 is 9.66 Å². The van der Waals surface area contributed by atoms with Crippen molar-refractivity contribution in [1.29, 1.82) is 5.26 Å². The molecule has 0 saturated carbocycles. The predicted molar refractivity (Wildman–Crippen MR) is 48.8 cm³/mol. The lowest BCUT2D eigenvalue weighted by atomic mass is 10.1. The molecule has 14 heavy (non-hydrogen) atoms. The van der Waals surface area contributed by atoms with Crippen LogP contribution in [0.4, 0.5) is 11.4 Å². The first-order chi connectivity index (χ1) is 6.61. The molecule has 0 atom stereocenters. The Bertz CT molecular complexity index is 423. The van der Waals surface area contributed by atoms with Gasteiger partial charge in [-0.1, -0.05) is 0 Å². The second-order valence-electron chi connectivity index (χ2n) is 2.44. The molecule has 0 amide bonds. The van der Waals surface area contributed by atoms with Crippen LogP contribution in [0.2, 0.25) is 0 Å². The van der Waals surface area contributed by atoms with Gasteiger partial charge in [0.15, 0.2) is 5.56 Å². The Labute approximate surface area is 79.7 Å². The highest BCUT2D eigenvalue weighted by molar-refractivity contribution is 5.70. The zero-order chi connectivity index (χ0) is 10.7. The molecule has 0 aromatic heterocycles. The van der Waals surface area contributed by atoms with E-state index < -0.39 is 4.92 Å². The Morgan fingerprint density at radius 1 is 1.64 bits per heavy atom. The van der Waals surface area contributed by atoms with Crippen LogP contribution in [-0.2, 0) is 0 Å². The van der Waals surface area contributed by atoms with Crippen LogP contribution in [-0.4, -0.2) is 12.0 Å². The fourth-order valence-electron chi connectivity index (χ4n) is 1.04. The van der Waals surface area contributed by atoms with Gasteiger partial charge in [-0.2, -0.15) is 5.26 Å². The molecule has 2 N–H and O–H groups in total. The summed E-state index contributed by atoms with van der Waals surface area (Å²) in [5, 5.41) is 19.2. The lowest BCUT2D eigenvalue weighted by molar-refractivity contribution is -0.385. The van der Waals surface area contributed by atoms with E-state index in [1.54, 1.807) is 6.07 Å². The van der Waals surface area contributed by atoms with Crippen molar-refractivity contribution in [3.05, 3.63) is 27.8 Å². The van der Waals surface area contributed by atoms with E-state index in [-0.39, 0.29) is 22.7 Å². The van der Waals surface area contributed by atoms with Crippen LogP contribution in [0, 0.1) is 21.4 Å². The number of hydrogen-bond donors (Lipinski definition) is 1. The first-order valence-electron chi connectivity index (χ1n) is 3.62. The molecule has 0 radical (unpaired) electrons. The molecule has 0 spiro atoms. The summed E-state index contributed by atoms with van der Waals surface area (Å²) < 4.78 is 4.82. The molecule has 0 unspecified atom stereocenters. The number of anilines is 1. The lowest BCUT2D eigenvalue weighted by Crippen LogP contribution is -2.00. The molecular weight excluding hydrogens is 186 g/mol. The van der Waals surface area contributed by atoms with Gasteiger partial charge in [0, 0.05) is 6.07 Å². The maximum Gasteiger partial charge on any atom is 0.289 e. The van der Waals surface area contributed by atoms with Gasteiger partial charge in [-0.05, 0) is 6.07 Å². The van der Waals surface area contributed by atoms with Crippen LogP contribution < -0.4 is 10.5 Å². The maximum absolute atomic E-state index is 10.5. The Morgan fingerprint density at radius 2 is 2.29 bits per heavy atom. The SMILES string of the molecule is COc1ccc([N+](=O)[O-])c(C#N)c1N. The zero-order valence-electron chi connectivity index (χ0n) is 7.35. The molecule has 0 fully saturated rings. The molecule has 0 saturated heterocycles. The van der Waals surface area contributed by atoms with Gasteiger partial charge in [-0.15, -0.1) is 0 Å². The quantitative estimate of drug-likeness (QED) is 0.429. The van der Waals surface area contributed by atoms with Gasteiger partial charge in [0.1, 0.15) is 11.8 Å². The Morgan fingerprint density at radius 3 is 2.71 bits per heavy atom. The van der Waals surface area contributed by atoms with Crippen LogP contribution in [0.15, 0.2) is 12.1 Å². The maximum atomic E-state index is 10.5. The fraction of sp³-hybridized carbons (Fsp3) is 0.125. The van der Waals surface area contributed by atoms with Gasteiger partial charge in [0.25, 0.3) is 5.69 Å². The molecule has 72 valence electrons. The van der Waals surface area contributed by atoms with E-state index in [1.165, 1.54) is 19.2 Å². The largest absolute Gasteiger partial charge is 0.495 e. The van der Waals surface area contributed by atoms with Crippen LogP contribution in [0.25, 0.3) is 0 Å². The summed E-state index contributed by atoms with van der Waals surface area (Å²) in [6.45, 7) is 0. The minimum Gasteiger partial charge on any atom is -0.495 e. The molecule has 0 aliphatic carbocycles. The van der Waals surface area contributed by atoms with Gasteiger partial charge in [-0.3, -0.25) is 10.1 Å². The van der Waals surface area contributed by atoms with Crippen molar-refractivity contribution in [2.45, 2.75) is 0 Å². The standard InChI is InChI=1S/C8H7N3O3/c1-14-7-3-2-6(11(12)13)5(4-9)8(7)10/h2-3H,10H2,1H3. The summed E-state index contributed by atoms with van der Waals surface area (Å²) in [5.74, 6) is 0.257. The average Bonchev–Trinajstić information content (AvgIpc) is 2.17. The van der Waals surface area contributed by atoms with Crippen molar-refractivity contribution in [1.82, 2.24) is 0 Å². The van der Waals surface area contributed by atoms with E-state index in [4.69, 9.17) is 15.7 Å². The van der Waals surface area contributed by atoms with Crippen LogP contribution in [0.1, 0.15) is 5.56 Å². The third-order valence-electron chi connectivity index (χ3n) is 1.71. The Balaban J connectivity index is 3.45. The first-order valence-corrected chi connectivity index (χ1v) is 3.62. The molecule has 6 nitrogen and oxygen atoms in total. The number of nitrogen functional groups attached to an aromatic ring is 1. The van der Waals surface area contributed by atoms with Gasteiger partial charge in [0.2, 0.25) is 0 Å². The number of nitrogens with two attached hydrogens (primary N) is 1. The van der Waals surface area contributed by atoms with Gasteiger partial charge >= 0.3 is 0 Å². The van der Waals surface area contributed by atoms with E-state index in [0.717, 1.165) is 0 Å². The predicted octanol–water partition coefficient (Wildman–Crippen LogP) is 1.06. The fourth-order valence-corrected chi connectivity index (χ4v) is 1.04. The summed E-state index contributed by atoms with van der Waals surface area (Å²) >= 11 is 0. The molecule has 0 bridgehead atoms. The van der Waals surface area contributed by atoms with Crippen molar-refractivity contribution in [2.24, 2.45) is 0 Å². The number of methoxy groups -OCH3 is 1. The zero-order valence-corrected chi connectivity index (χ0v) is 7.35. The number of ether oxygens (including phenoxy) is 1. The summed E-state index contributed by atoms with van der Waals surface area (Å²) in [7, 11) is 1.37. The number of nitrogens with zero attached hydrogens (tertiary/aromatic N) is 2. The molecule has 1 aromatic rings. The molecule has 6 heteroatoms. The monoisotopic (exact) mass is 193 g/mol. The average molecular weight is 193 g/mol. The number of nitriles is 1. The number of hydrogen-bond acceptors (Lipinski definition) is 5. The Hall–Kier alpha value is -2.29. The van der Waals surface area contributed by atoms with Crippen LogP contribution >= 0.6 is 0 Å². The van der Waals surface area contributed by atoms with E-state index in [2.05, 4.69) is 0 Å². The smallest absolute Gasteiger partial charge is 0.289 e. The van der Waals surface area contributed by atoms with Crippen LogP contribution in [0.5, 0.6) is 5.75 Å². The Kier molecular flexibility index (Phi) is 2.53. The second kappa shape index (κ2) is 3.62. The van der Waals surface area contributed by atoms with E-state index >= 15 is 0 Å². The molecule has 1 rings (SSSR count). The summed E-state index contributed by atoms with van der Waals surface area (Å²) in [6.07, 6.45) is 0. The highest BCUT2D eigenvalue weighted by atomic mass is 16.6. The molecular formula is C8H7N3O3. The minimum absolute atomic E-state index is 0.01000. The van der Waals surface area contributed by atoms with E-state index in [0.29, 0.717) is 0 Å². The number of nitro benzene ring substituents is 1. The second-order valence-corrected chi connectivity index (χ2v) is 2.44. The topological polar surface area (TPSA) is 102 Å². The van der Waals surface area contributed by atoms with Gasteiger partial charge in [-0.25, -0.2) is 0 Å². The van der Waals surface area contributed by atoms with Crippen molar-refractivity contribution >= 4 is 11.4 Å². The molecule has 0 aliphatic heterocycles. The van der Waals surface area contributed by atoms with Crippen molar-refractivity contribution in [3.8, 4) is 11.8 Å². The molecule has 0 aliphatic rings. The number of benzene rings is 1.